The van der Waals surface area contributed by atoms with Crippen LogP contribution < -0.4 is 4.90 Å². The van der Waals surface area contributed by atoms with Crippen LogP contribution in [0.15, 0.2) is 170 Å². The molecule has 0 saturated heterocycles. The molecule has 0 spiro atoms. The van der Waals surface area contributed by atoms with Gasteiger partial charge in [0.05, 0.1) is 5.69 Å². The Morgan fingerprint density at radius 3 is 1.72 bits per heavy atom. The van der Waals surface area contributed by atoms with Crippen molar-refractivity contribution >= 4 is 27.8 Å². The fraction of sp³-hybridized carbons (Fsp3) is 0.270. The second-order valence-electron chi connectivity index (χ2n) is 21.5. The predicted octanol–water partition coefficient (Wildman–Crippen LogP) is 17.4. The Bertz CT molecular complexity index is 3110. The largest absolute Gasteiger partial charge is 0.310 e. The second kappa shape index (κ2) is 14.4. The smallest absolute Gasteiger partial charge is 0.0543 e. The van der Waals surface area contributed by atoms with E-state index in [1.54, 1.807) is 5.56 Å². The summed E-state index contributed by atoms with van der Waals surface area (Å²) in [5.74, 6) is 2.61. The molecule has 2 saturated carbocycles. The summed E-state index contributed by atoms with van der Waals surface area (Å²) < 4.78 is 0. The minimum atomic E-state index is -0.139. The fourth-order valence-corrected chi connectivity index (χ4v) is 13.6. The average molecular weight is 830 g/mol. The van der Waals surface area contributed by atoms with Gasteiger partial charge in [0.25, 0.3) is 0 Å². The van der Waals surface area contributed by atoms with E-state index < -0.39 is 0 Å². The van der Waals surface area contributed by atoms with Crippen molar-refractivity contribution in [1.29, 1.82) is 0 Å². The molecule has 0 aromatic heterocycles. The van der Waals surface area contributed by atoms with E-state index in [-0.39, 0.29) is 16.2 Å². The molecule has 8 aromatic rings. The highest BCUT2D eigenvalue weighted by atomic mass is 15.1. The first-order chi connectivity index (χ1) is 31.0. The molecule has 0 radical (unpaired) electrons. The Hall–Kier alpha value is -6.18. The average Bonchev–Trinajstić information content (AvgIpc) is 3.68. The summed E-state index contributed by atoms with van der Waals surface area (Å²) in [6, 6.07) is 64.6. The monoisotopic (exact) mass is 829 g/mol. The van der Waals surface area contributed by atoms with Gasteiger partial charge in [-0.15, -0.1) is 0 Å². The molecule has 1 nitrogen and oxygen atoms in total. The summed E-state index contributed by atoms with van der Waals surface area (Å²) in [4.78, 5) is 2.55. The maximum absolute atomic E-state index is 2.63. The summed E-state index contributed by atoms with van der Waals surface area (Å²) in [7, 11) is 0. The summed E-state index contributed by atoms with van der Waals surface area (Å²) in [5.41, 5.74) is 21.2. The van der Waals surface area contributed by atoms with Crippen molar-refractivity contribution < 1.29 is 0 Å². The van der Waals surface area contributed by atoms with Crippen molar-refractivity contribution in [2.75, 3.05) is 4.90 Å². The van der Waals surface area contributed by atoms with Gasteiger partial charge in [0.2, 0.25) is 0 Å². The van der Waals surface area contributed by atoms with Gasteiger partial charge in [-0.2, -0.15) is 0 Å². The van der Waals surface area contributed by atoms with E-state index in [0.29, 0.717) is 0 Å². The maximum Gasteiger partial charge on any atom is 0.0543 e. The van der Waals surface area contributed by atoms with Gasteiger partial charge in [0.15, 0.2) is 0 Å². The first-order valence-electron chi connectivity index (χ1n) is 24.0. The third-order valence-corrected chi connectivity index (χ3v) is 16.5. The van der Waals surface area contributed by atoms with E-state index in [2.05, 4.69) is 216 Å². The van der Waals surface area contributed by atoms with Crippen LogP contribution >= 0.6 is 0 Å². The first kappa shape index (κ1) is 39.4. The van der Waals surface area contributed by atoms with Crippen LogP contribution in [0.5, 0.6) is 0 Å². The highest BCUT2D eigenvalue weighted by molar-refractivity contribution is 6.06. The number of hydrogen-bond acceptors (Lipinski definition) is 1. The predicted molar refractivity (Wildman–Crippen MR) is 271 cm³/mol. The molecule has 0 N–H and O–H groups in total. The number of hydrogen-bond donors (Lipinski definition) is 0. The van der Waals surface area contributed by atoms with Gasteiger partial charge in [0, 0.05) is 27.8 Å². The van der Waals surface area contributed by atoms with Crippen molar-refractivity contribution in [3.8, 4) is 44.5 Å². The molecule has 2 unspecified atom stereocenters. The molecule has 64 heavy (non-hydrogen) atoms. The van der Waals surface area contributed by atoms with Gasteiger partial charge in [-0.25, -0.2) is 0 Å². The summed E-state index contributed by atoms with van der Waals surface area (Å²) >= 11 is 0. The van der Waals surface area contributed by atoms with Crippen LogP contribution in [0.4, 0.5) is 17.1 Å². The van der Waals surface area contributed by atoms with Crippen LogP contribution in [0.1, 0.15) is 101 Å². The molecule has 2 bridgehead atoms. The molecule has 1 heteroatoms. The lowest BCUT2D eigenvalue weighted by Crippen LogP contribution is -2.38. The zero-order valence-corrected chi connectivity index (χ0v) is 38.4. The number of rotatable bonds is 6. The third-order valence-electron chi connectivity index (χ3n) is 16.5. The molecular weight excluding hydrogens is 771 g/mol. The van der Waals surface area contributed by atoms with Crippen molar-refractivity contribution in [2.24, 2.45) is 17.8 Å². The SMILES string of the molecule is CC1CC2CC(C1)CC(C)(c1ccc3c(c1)C(C)(C)c1cc(N(c4ccc(-c5cccc6cccc(-c7ccccc7)c56)cc4)c4cccc5c4-c4ccccc4C5(C)C)ccc1-3)C2. The highest BCUT2D eigenvalue weighted by Crippen LogP contribution is 2.57. The van der Waals surface area contributed by atoms with Gasteiger partial charge < -0.3 is 4.90 Å². The molecular formula is C63H59N. The molecule has 2 atom stereocenters. The minimum absolute atomic E-state index is 0.104. The highest BCUT2D eigenvalue weighted by Gasteiger charge is 2.44. The minimum Gasteiger partial charge on any atom is -0.310 e. The molecule has 0 aliphatic heterocycles. The van der Waals surface area contributed by atoms with Crippen LogP contribution in [0.2, 0.25) is 0 Å². The fourth-order valence-electron chi connectivity index (χ4n) is 13.6. The molecule has 0 amide bonds. The van der Waals surface area contributed by atoms with Crippen molar-refractivity contribution in [3.05, 3.63) is 198 Å². The summed E-state index contributed by atoms with van der Waals surface area (Å²) in [6.45, 7) is 14.8. The van der Waals surface area contributed by atoms with E-state index in [1.165, 1.54) is 121 Å². The van der Waals surface area contributed by atoms with Crippen LogP contribution in [0, 0.1) is 17.8 Å². The topological polar surface area (TPSA) is 3.24 Å². The van der Waals surface area contributed by atoms with Crippen LogP contribution in [0.3, 0.4) is 0 Å². The molecule has 12 rings (SSSR count). The molecule has 0 heterocycles. The molecule has 8 aromatic carbocycles. The first-order valence-corrected chi connectivity index (χ1v) is 24.0. The maximum atomic E-state index is 2.63. The summed E-state index contributed by atoms with van der Waals surface area (Å²) in [5, 5.41) is 2.55. The number of nitrogens with zero attached hydrogens (tertiary/aromatic N) is 1. The molecule has 2 fully saturated rings. The third kappa shape index (κ3) is 6.03. The Balaban J connectivity index is 0.989. The zero-order valence-electron chi connectivity index (χ0n) is 38.4. The van der Waals surface area contributed by atoms with Gasteiger partial charge in [-0.05, 0) is 163 Å². The lowest BCUT2D eigenvalue weighted by molar-refractivity contribution is 0.0898. The van der Waals surface area contributed by atoms with E-state index >= 15 is 0 Å². The second-order valence-corrected chi connectivity index (χ2v) is 21.5. The number of anilines is 3. The van der Waals surface area contributed by atoms with E-state index in [4.69, 9.17) is 0 Å². The quantitative estimate of drug-likeness (QED) is 0.161. The van der Waals surface area contributed by atoms with Gasteiger partial charge in [-0.1, -0.05) is 181 Å². The van der Waals surface area contributed by atoms with Gasteiger partial charge in [-0.3, -0.25) is 0 Å². The van der Waals surface area contributed by atoms with Crippen molar-refractivity contribution in [1.82, 2.24) is 0 Å². The Morgan fingerprint density at radius 2 is 1.00 bits per heavy atom. The van der Waals surface area contributed by atoms with E-state index in [9.17, 15) is 0 Å². The molecule has 316 valence electrons. The van der Waals surface area contributed by atoms with Gasteiger partial charge >= 0.3 is 0 Å². The van der Waals surface area contributed by atoms with Crippen molar-refractivity contribution in [3.63, 3.8) is 0 Å². The lowest BCUT2D eigenvalue weighted by Gasteiger charge is -2.48. The summed E-state index contributed by atoms with van der Waals surface area (Å²) in [6.07, 6.45) is 6.90. The zero-order chi connectivity index (χ0) is 43.5. The standard InChI is InChI=1S/C63H59N/c1-40-33-41-35-42(34-40)39-63(6,38-41)46-27-31-51-52-32-30-48(37-57(52)62(4,5)56(51)36-46)64(58-24-14-23-55-60(58)53-19-10-11-22-54(53)61(55,2)3)47-28-25-44(26-29-47)50-21-13-18-45-17-12-20-49(59(45)50)43-15-8-7-9-16-43/h7-32,36-37,40-42H,33-35,38-39H2,1-6H3. The molecule has 4 aliphatic carbocycles. The number of benzene rings is 8. The van der Waals surface area contributed by atoms with E-state index in [1.807, 2.05) is 0 Å². The Labute approximate surface area is 380 Å². The van der Waals surface area contributed by atoms with Crippen LogP contribution in [-0.2, 0) is 16.2 Å². The van der Waals surface area contributed by atoms with Crippen molar-refractivity contribution in [2.45, 2.75) is 89.9 Å². The number of fused-ring (bicyclic) bond motifs is 9. The lowest BCUT2D eigenvalue weighted by atomic mass is 9.57. The Kier molecular flexibility index (Phi) is 8.88. The Morgan fingerprint density at radius 1 is 0.438 bits per heavy atom. The molecule has 4 aliphatic rings. The van der Waals surface area contributed by atoms with E-state index in [0.717, 1.165) is 23.4 Å². The van der Waals surface area contributed by atoms with Crippen LogP contribution in [0.25, 0.3) is 55.3 Å². The van der Waals surface area contributed by atoms with Gasteiger partial charge in [0.1, 0.15) is 0 Å². The van der Waals surface area contributed by atoms with Crippen LogP contribution in [-0.4, -0.2) is 0 Å². The normalized spacial score (nSPS) is 22.1.